The number of methoxy groups -OCH3 is 3. The lowest BCUT2D eigenvalue weighted by molar-refractivity contribution is -0.132. The van der Waals surface area contributed by atoms with Gasteiger partial charge < -0.3 is 24.4 Å². The van der Waals surface area contributed by atoms with Gasteiger partial charge in [0.15, 0.2) is 11.5 Å². The van der Waals surface area contributed by atoms with Crippen molar-refractivity contribution in [2.24, 2.45) is 0 Å². The standard InChI is InChI=1S/C18H28N2O4.ClH/c1-19-14-6-5-9-20(12-14)17(21)8-7-13-10-15(22-2)18(24-4)16(11-13)23-3;/h10-11,14,19H,5-9,12H2,1-4H3;1H. The molecule has 7 heteroatoms. The SMILES string of the molecule is CNC1CCCN(C(=O)CCc2cc(OC)c(OC)c(OC)c2)C1.Cl. The number of likely N-dealkylation sites (N-methyl/N-ethyl adjacent to an activating group) is 1. The number of rotatable bonds is 7. The molecule has 1 fully saturated rings. The molecule has 0 radical (unpaired) electrons. The zero-order chi connectivity index (χ0) is 17.5. The third-order valence-corrected chi connectivity index (χ3v) is 4.53. The Bertz CT molecular complexity index is 543. The number of likely N-dealkylation sites (tertiary alicyclic amines) is 1. The molecule has 1 saturated heterocycles. The van der Waals surface area contributed by atoms with Gasteiger partial charge in [-0.15, -0.1) is 12.4 Å². The van der Waals surface area contributed by atoms with Crippen molar-refractivity contribution in [3.05, 3.63) is 17.7 Å². The molecule has 1 heterocycles. The summed E-state index contributed by atoms with van der Waals surface area (Å²) in [6.45, 7) is 1.65. The van der Waals surface area contributed by atoms with E-state index in [1.807, 2.05) is 24.1 Å². The third kappa shape index (κ3) is 5.41. The van der Waals surface area contributed by atoms with E-state index in [4.69, 9.17) is 14.2 Å². The van der Waals surface area contributed by atoms with Crippen molar-refractivity contribution in [2.75, 3.05) is 41.5 Å². The monoisotopic (exact) mass is 372 g/mol. The van der Waals surface area contributed by atoms with Gasteiger partial charge in [0, 0.05) is 25.6 Å². The van der Waals surface area contributed by atoms with Gasteiger partial charge in [-0.3, -0.25) is 4.79 Å². The maximum Gasteiger partial charge on any atom is 0.222 e. The Balaban J connectivity index is 0.00000312. The second kappa shape index (κ2) is 10.4. The van der Waals surface area contributed by atoms with Crippen molar-refractivity contribution in [3.63, 3.8) is 0 Å². The Morgan fingerprint density at radius 2 is 1.84 bits per heavy atom. The number of piperidine rings is 1. The van der Waals surface area contributed by atoms with E-state index in [1.54, 1.807) is 21.3 Å². The van der Waals surface area contributed by atoms with E-state index in [2.05, 4.69) is 5.32 Å². The molecule has 1 N–H and O–H groups in total. The van der Waals surface area contributed by atoms with E-state index in [-0.39, 0.29) is 18.3 Å². The number of aryl methyl sites for hydroxylation is 1. The predicted octanol–water partition coefficient (Wildman–Crippen LogP) is 2.28. The molecular weight excluding hydrogens is 344 g/mol. The largest absolute Gasteiger partial charge is 0.493 e. The Morgan fingerprint density at radius 1 is 1.20 bits per heavy atom. The van der Waals surface area contributed by atoms with E-state index in [0.29, 0.717) is 36.1 Å². The fourth-order valence-corrected chi connectivity index (χ4v) is 3.13. The molecule has 1 atom stereocenters. The number of nitrogens with one attached hydrogen (secondary N) is 1. The number of hydrogen-bond donors (Lipinski definition) is 1. The lowest BCUT2D eigenvalue weighted by Gasteiger charge is -2.32. The fourth-order valence-electron chi connectivity index (χ4n) is 3.13. The van der Waals surface area contributed by atoms with Gasteiger partial charge >= 0.3 is 0 Å². The lowest BCUT2D eigenvalue weighted by atomic mass is 10.0. The summed E-state index contributed by atoms with van der Waals surface area (Å²) in [5, 5.41) is 3.26. The Kier molecular flexibility index (Phi) is 8.86. The number of ether oxygens (including phenoxy) is 3. The topological polar surface area (TPSA) is 60.0 Å². The van der Waals surface area contributed by atoms with Crippen molar-refractivity contribution < 1.29 is 19.0 Å². The minimum Gasteiger partial charge on any atom is -0.493 e. The number of nitrogens with zero attached hydrogens (tertiary/aromatic N) is 1. The van der Waals surface area contributed by atoms with Gasteiger partial charge in [-0.25, -0.2) is 0 Å². The first-order valence-corrected chi connectivity index (χ1v) is 8.36. The average molecular weight is 373 g/mol. The smallest absolute Gasteiger partial charge is 0.222 e. The number of carbonyl (C=O) groups is 1. The van der Waals surface area contributed by atoms with Crippen LogP contribution in [0.25, 0.3) is 0 Å². The average Bonchev–Trinajstić information content (AvgIpc) is 2.64. The van der Waals surface area contributed by atoms with Gasteiger partial charge in [-0.1, -0.05) is 0 Å². The van der Waals surface area contributed by atoms with Crippen LogP contribution in [0, 0.1) is 0 Å². The van der Waals surface area contributed by atoms with Crippen molar-refractivity contribution in [2.45, 2.75) is 31.7 Å². The van der Waals surface area contributed by atoms with Crippen LogP contribution in [0.5, 0.6) is 17.2 Å². The van der Waals surface area contributed by atoms with Gasteiger partial charge in [-0.2, -0.15) is 0 Å². The van der Waals surface area contributed by atoms with Gasteiger partial charge in [0.1, 0.15) is 0 Å². The summed E-state index contributed by atoms with van der Waals surface area (Å²) in [6, 6.07) is 4.21. The Hall–Kier alpha value is -1.66. The Labute approximate surface area is 156 Å². The molecule has 1 amide bonds. The summed E-state index contributed by atoms with van der Waals surface area (Å²) in [6.07, 6.45) is 3.32. The van der Waals surface area contributed by atoms with Crippen LogP contribution in [0.2, 0.25) is 0 Å². The molecular formula is C18H29ClN2O4. The molecule has 0 aromatic heterocycles. The zero-order valence-corrected chi connectivity index (χ0v) is 16.3. The molecule has 25 heavy (non-hydrogen) atoms. The molecule has 1 unspecified atom stereocenters. The summed E-state index contributed by atoms with van der Waals surface area (Å²) in [5.74, 6) is 2.01. The van der Waals surface area contributed by atoms with Crippen LogP contribution in [-0.2, 0) is 11.2 Å². The van der Waals surface area contributed by atoms with E-state index in [1.165, 1.54) is 0 Å². The molecule has 2 rings (SSSR count). The van der Waals surface area contributed by atoms with E-state index >= 15 is 0 Å². The molecule has 6 nitrogen and oxygen atoms in total. The van der Waals surface area contributed by atoms with Gasteiger partial charge in [0.05, 0.1) is 21.3 Å². The molecule has 0 aliphatic carbocycles. The number of halogens is 1. The summed E-state index contributed by atoms with van der Waals surface area (Å²) >= 11 is 0. The van der Waals surface area contributed by atoms with Crippen LogP contribution in [0.1, 0.15) is 24.8 Å². The quantitative estimate of drug-likeness (QED) is 0.795. The molecule has 1 aliphatic heterocycles. The van der Waals surface area contributed by atoms with Crippen LogP contribution in [-0.4, -0.2) is 58.3 Å². The summed E-state index contributed by atoms with van der Waals surface area (Å²) < 4.78 is 16.1. The third-order valence-electron chi connectivity index (χ3n) is 4.53. The minimum absolute atomic E-state index is 0. The maximum absolute atomic E-state index is 12.5. The molecule has 1 aliphatic rings. The van der Waals surface area contributed by atoms with Crippen molar-refractivity contribution in [1.29, 1.82) is 0 Å². The number of amides is 1. The van der Waals surface area contributed by atoms with Crippen LogP contribution >= 0.6 is 12.4 Å². The van der Waals surface area contributed by atoms with Gasteiger partial charge in [0.2, 0.25) is 11.7 Å². The lowest BCUT2D eigenvalue weighted by Crippen LogP contribution is -2.47. The Morgan fingerprint density at radius 3 is 2.36 bits per heavy atom. The van der Waals surface area contributed by atoms with Crippen molar-refractivity contribution in [1.82, 2.24) is 10.2 Å². The second-order valence-corrected chi connectivity index (χ2v) is 6.00. The summed E-state index contributed by atoms with van der Waals surface area (Å²) in [5.41, 5.74) is 1.00. The van der Waals surface area contributed by atoms with E-state index < -0.39 is 0 Å². The first-order valence-electron chi connectivity index (χ1n) is 8.36. The molecule has 1 aromatic rings. The molecule has 0 spiro atoms. The maximum atomic E-state index is 12.5. The number of benzene rings is 1. The van der Waals surface area contributed by atoms with E-state index in [9.17, 15) is 4.79 Å². The van der Waals surface area contributed by atoms with Crippen molar-refractivity contribution in [3.8, 4) is 17.2 Å². The van der Waals surface area contributed by atoms with Crippen molar-refractivity contribution >= 4 is 18.3 Å². The summed E-state index contributed by atoms with van der Waals surface area (Å²) in [7, 11) is 6.72. The first-order chi connectivity index (χ1) is 11.6. The van der Waals surface area contributed by atoms with Crippen LogP contribution in [0.4, 0.5) is 0 Å². The van der Waals surface area contributed by atoms with Gasteiger partial charge in [0.25, 0.3) is 0 Å². The van der Waals surface area contributed by atoms with E-state index in [0.717, 1.165) is 31.5 Å². The van der Waals surface area contributed by atoms with Crippen LogP contribution in [0.3, 0.4) is 0 Å². The molecule has 0 bridgehead atoms. The predicted molar refractivity (Wildman–Crippen MR) is 100 cm³/mol. The highest BCUT2D eigenvalue weighted by molar-refractivity contribution is 5.85. The highest BCUT2D eigenvalue weighted by Crippen LogP contribution is 2.38. The zero-order valence-electron chi connectivity index (χ0n) is 15.5. The van der Waals surface area contributed by atoms with Crippen LogP contribution in [0.15, 0.2) is 12.1 Å². The molecule has 1 aromatic carbocycles. The second-order valence-electron chi connectivity index (χ2n) is 6.00. The molecule has 142 valence electrons. The number of hydrogen-bond acceptors (Lipinski definition) is 5. The highest BCUT2D eigenvalue weighted by Gasteiger charge is 2.22. The fraction of sp³-hybridized carbons (Fsp3) is 0.611. The normalized spacial score (nSPS) is 16.8. The first kappa shape index (κ1) is 21.4. The highest BCUT2D eigenvalue weighted by atomic mass is 35.5. The van der Waals surface area contributed by atoms with Gasteiger partial charge in [-0.05, 0) is 44.0 Å². The number of carbonyl (C=O) groups excluding carboxylic acids is 1. The van der Waals surface area contributed by atoms with Crippen LogP contribution < -0.4 is 19.5 Å². The minimum atomic E-state index is 0. The summed E-state index contributed by atoms with van der Waals surface area (Å²) in [4.78, 5) is 14.4. The molecule has 0 saturated carbocycles.